The Balaban J connectivity index is 1.79. The van der Waals surface area contributed by atoms with Crippen LogP contribution in [0.5, 0.6) is 0 Å². The number of halogens is 1. The Labute approximate surface area is 118 Å². The van der Waals surface area contributed by atoms with Gasteiger partial charge in [-0.2, -0.15) is 0 Å². The molecule has 0 radical (unpaired) electrons. The first-order valence-corrected chi connectivity index (χ1v) is 7.00. The predicted octanol–water partition coefficient (Wildman–Crippen LogP) is 3.06. The van der Waals surface area contributed by atoms with E-state index in [4.69, 9.17) is 11.6 Å². The molecule has 1 aromatic carbocycles. The van der Waals surface area contributed by atoms with Crippen molar-refractivity contribution in [1.29, 1.82) is 0 Å². The monoisotopic (exact) mass is 278 g/mol. The van der Waals surface area contributed by atoms with Crippen molar-refractivity contribution in [3.63, 3.8) is 0 Å². The average Bonchev–Trinajstić information content (AvgIpc) is 2.92. The number of hydrogen-bond donors (Lipinski definition) is 1. The zero-order valence-corrected chi connectivity index (χ0v) is 11.8. The second-order valence-electron chi connectivity index (χ2n) is 4.49. The smallest absolute Gasteiger partial charge is 0.0692 e. The van der Waals surface area contributed by atoms with Crippen LogP contribution in [0.25, 0.3) is 0 Å². The highest BCUT2D eigenvalue weighted by molar-refractivity contribution is 6.30. The number of nitrogens with one attached hydrogen (secondary N) is 1. The van der Waals surface area contributed by atoms with Crippen LogP contribution >= 0.6 is 11.6 Å². The molecule has 2 rings (SSSR count). The summed E-state index contributed by atoms with van der Waals surface area (Å²) in [5.74, 6) is 0. The van der Waals surface area contributed by atoms with Gasteiger partial charge >= 0.3 is 0 Å². The van der Waals surface area contributed by atoms with Crippen molar-refractivity contribution in [2.24, 2.45) is 0 Å². The first-order valence-electron chi connectivity index (χ1n) is 6.62. The van der Waals surface area contributed by atoms with Gasteiger partial charge in [0.2, 0.25) is 0 Å². The van der Waals surface area contributed by atoms with E-state index in [-0.39, 0.29) is 0 Å². The van der Waals surface area contributed by atoms with E-state index in [2.05, 4.69) is 28.6 Å². The summed E-state index contributed by atoms with van der Waals surface area (Å²) in [5, 5.41) is 12.1. The van der Waals surface area contributed by atoms with Crippen LogP contribution in [0.3, 0.4) is 0 Å². The molecule has 0 fully saturated rings. The molecule has 0 aliphatic carbocycles. The molecule has 0 saturated heterocycles. The number of nitrogens with zero attached hydrogens (tertiary/aromatic N) is 3. The van der Waals surface area contributed by atoms with Gasteiger partial charge in [0.05, 0.1) is 6.20 Å². The first kappa shape index (κ1) is 14.0. The third-order valence-electron chi connectivity index (χ3n) is 3.09. The van der Waals surface area contributed by atoms with Crippen LogP contribution in [0, 0.1) is 0 Å². The molecule has 1 unspecified atom stereocenters. The Hall–Kier alpha value is -1.39. The van der Waals surface area contributed by atoms with Crippen molar-refractivity contribution in [2.75, 3.05) is 6.54 Å². The van der Waals surface area contributed by atoms with Gasteiger partial charge in [0.25, 0.3) is 0 Å². The Morgan fingerprint density at radius 3 is 3.00 bits per heavy atom. The molecule has 0 bridgehead atoms. The van der Waals surface area contributed by atoms with Crippen molar-refractivity contribution in [3.8, 4) is 0 Å². The van der Waals surface area contributed by atoms with Gasteiger partial charge in [-0.25, -0.2) is 0 Å². The minimum absolute atomic E-state index is 0.356. The van der Waals surface area contributed by atoms with Crippen molar-refractivity contribution in [1.82, 2.24) is 20.3 Å². The average molecular weight is 279 g/mol. The number of rotatable bonds is 7. The second-order valence-corrected chi connectivity index (χ2v) is 4.93. The quantitative estimate of drug-likeness (QED) is 0.792. The normalized spacial score (nSPS) is 12.5. The van der Waals surface area contributed by atoms with Crippen LogP contribution in [0.1, 0.15) is 31.4 Å². The van der Waals surface area contributed by atoms with Crippen molar-refractivity contribution in [3.05, 3.63) is 47.2 Å². The SMILES string of the molecule is CCC(NCCCn1ccnn1)c1cccc(Cl)c1. The zero-order chi connectivity index (χ0) is 13.5. The summed E-state index contributed by atoms with van der Waals surface area (Å²) >= 11 is 6.03. The van der Waals surface area contributed by atoms with Crippen LogP contribution < -0.4 is 5.32 Å². The maximum Gasteiger partial charge on any atom is 0.0692 e. The lowest BCUT2D eigenvalue weighted by atomic mass is 10.0. The molecule has 19 heavy (non-hydrogen) atoms. The van der Waals surface area contributed by atoms with E-state index in [0.717, 1.165) is 31.0 Å². The largest absolute Gasteiger partial charge is 0.310 e. The highest BCUT2D eigenvalue weighted by Crippen LogP contribution is 2.20. The van der Waals surface area contributed by atoms with E-state index in [1.165, 1.54) is 5.56 Å². The van der Waals surface area contributed by atoms with E-state index >= 15 is 0 Å². The molecule has 0 spiro atoms. The molecule has 0 amide bonds. The topological polar surface area (TPSA) is 42.7 Å². The molecule has 1 N–H and O–H groups in total. The van der Waals surface area contributed by atoms with Gasteiger partial charge < -0.3 is 5.32 Å². The minimum atomic E-state index is 0.356. The third-order valence-corrected chi connectivity index (χ3v) is 3.32. The standard InChI is InChI=1S/C14H19ClN4/c1-2-14(12-5-3-6-13(15)11-12)16-7-4-9-19-10-8-17-18-19/h3,5-6,8,10-11,14,16H,2,4,7,9H2,1H3. The van der Waals surface area contributed by atoms with Crippen LogP contribution in [0.4, 0.5) is 0 Å². The fourth-order valence-electron chi connectivity index (χ4n) is 2.09. The van der Waals surface area contributed by atoms with Gasteiger partial charge in [-0.05, 0) is 37.1 Å². The Kier molecular flexibility index (Phi) is 5.36. The summed E-state index contributed by atoms with van der Waals surface area (Å²) in [6.45, 7) is 4.01. The zero-order valence-electron chi connectivity index (χ0n) is 11.1. The fraction of sp³-hybridized carbons (Fsp3) is 0.429. The molecular weight excluding hydrogens is 260 g/mol. The highest BCUT2D eigenvalue weighted by Gasteiger charge is 2.08. The van der Waals surface area contributed by atoms with E-state index in [9.17, 15) is 0 Å². The van der Waals surface area contributed by atoms with Crippen LogP contribution in [-0.4, -0.2) is 21.5 Å². The van der Waals surface area contributed by atoms with Crippen molar-refractivity contribution in [2.45, 2.75) is 32.4 Å². The summed E-state index contributed by atoms with van der Waals surface area (Å²) < 4.78 is 1.85. The van der Waals surface area contributed by atoms with Gasteiger partial charge in [-0.3, -0.25) is 4.68 Å². The summed E-state index contributed by atoms with van der Waals surface area (Å²) in [6.07, 6.45) is 5.66. The van der Waals surface area contributed by atoms with E-state index < -0.39 is 0 Å². The maximum absolute atomic E-state index is 6.03. The summed E-state index contributed by atoms with van der Waals surface area (Å²) in [4.78, 5) is 0. The van der Waals surface area contributed by atoms with Crippen molar-refractivity contribution < 1.29 is 0 Å². The molecule has 1 atom stereocenters. The number of aromatic nitrogens is 3. The predicted molar refractivity (Wildman–Crippen MR) is 77.1 cm³/mol. The Morgan fingerprint density at radius 2 is 2.32 bits per heavy atom. The lowest BCUT2D eigenvalue weighted by Crippen LogP contribution is -2.23. The fourth-order valence-corrected chi connectivity index (χ4v) is 2.29. The molecule has 1 heterocycles. The highest BCUT2D eigenvalue weighted by atomic mass is 35.5. The van der Waals surface area contributed by atoms with E-state index in [0.29, 0.717) is 6.04 Å². The summed E-state index contributed by atoms with van der Waals surface area (Å²) in [5.41, 5.74) is 1.25. The first-order chi connectivity index (χ1) is 9.29. The lowest BCUT2D eigenvalue weighted by Gasteiger charge is -2.17. The van der Waals surface area contributed by atoms with Crippen LogP contribution in [0.15, 0.2) is 36.7 Å². The van der Waals surface area contributed by atoms with E-state index in [1.54, 1.807) is 6.20 Å². The molecule has 102 valence electrons. The molecule has 4 nitrogen and oxygen atoms in total. The number of hydrogen-bond acceptors (Lipinski definition) is 3. The van der Waals surface area contributed by atoms with Gasteiger partial charge in [-0.15, -0.1) is 5.10 Å². The molecule has 0 aliphatic heterocycles. The van der Waals surface area contributed by atoms with E-state index in [1.807, 2.05) is 29.1 Å². The molecule has 0 aliphatic rings. The third kappa shape index (κ3) is 4.33. The molecule has 0 saturated carbocycles. The summed E-state index contributed by atoms with van der Waals surface area (Å²) in [6, 6.07) is 8.40. The lowest BCUT2D eigenvalue weighted by molar-refractivity contribution is 0.475. The molecular formula is C14H19ClN4. The van der Waals surface area contributed by atoms with Gasteiger partial charge in [0.15, 0.2) is 0 Å². The summed E-state index contributed by atoms with van der Waals surface area (Å²) in [7, 11) is 0. The molecule has 1 aromatic heterocycles. The van der Waals surface area contributed by atoms with Crippen molar-refractivity contribution >= 4 is 11.6 Å². The maximum atomic E-state index is 6.03. The Morgan fingerprint density at radius 1 is 1.42 bits per heavy atom. The van der Waals surface area contributed by atoms with Gasteiger partial charge in [0, 0.05) is 23.8 Å². The van der Waals surface area contributed by atoms with Crippen LogP contribution in [-0.2, 0) is 6.54 Å². The minimum Gasteiger partial charge on any atom is -0.310 e. The van der Waals surface area contributed by atoms with Gasteiger partial charge in [0.1, 0.15) is 0 Å². The molecule has 2 aromatic rings. The number of aryl methyl sites for hydroxylation is 1. The second kappa shape index (κ2) is 7.26. The number of benzene rings is 1. The molecule has 5 heteroatoms. The van der Waals surface area contributed by atoms with Crippen LogP contribution in [0.2, 0.25) is 5.02 Å². The Bertz CT molecular complexity index is 484. The van der Waals surface area contributed by atoms with Gasteiger partial charge in [-0.1, -0.05) is 35.9 Å².